The van der Waals surface area contributed by atoms with Crippen LogP contribution >= 0.6 is 27.3 Å². The van der Waals surface area contributed by atoms with Gasteiger partial charge in [0.05, 0.1) is 20.1 Å². The lowest BCUT2D eigenvalue weighted by Crippen LogP contribution is -2.51. The summed E-state index contributed by atoms with van der Waals surface area (Å²) in [7, 11) is 1.63. The van der Waals surface area contributed by atoms with Gasteiger partial charge in [0.25, 0.3) is 11.6 Å². The second-order valence-electron chi connectivity index (χ2n) is 6.41. The summed E-state index contributed by atoms with van der Waals surface area (Å²) in [6.07, 6.45) is 0. The van der Waals surface area contributed by atoms with Gasteiger partial charge in [0.15, 0.2) is 0 Å². The summed E-state index contributed by atoms with van der Waals surface area (Å²) in [5.41, 5.74) is 0.955. The highest BCUT2D eigenvalue weighted by molar-refractivity contribution is 9.11. The molecular weight excluding hydrogens is 448 g/mol. The molecule has 2 aromatic rings. The molecule has 2 amide bonds. The standard InChI is InChI=1S/C18H19BrN4O4S/c1-20(18(25)15-6-7-16(19)28-15)12-17(24)22-10-8-21(9-11-22)13-2-4-14(5-3-13)23(26)27/h2-7H,8-12H2,1H3. The molecule has 3 rings (SSSR count). The molecule has 0 aliphatic carbocycles. The van der Waals surface area contributed by atoms with Crippen LogP contribution in [0.1, 0.15) is 9.67 Å². The molecule has 148 valence electrons. The zero-order chi connectivity index (χ0) is 20.3. The van der Waals surface area contributed by atoms with Gasteiger partial charge in [-0.15, -0.1) is 11.3 Å². The van der Waals surface area contributed by atoms with Gasteiger partial charge in [-0.25, -0.2) is 0 Å². The smallest absolute Gasteiger partial charge is 0.269 e. The highest BCUT2D eigenvalue weighted by Gasteiger charge is 2.24. The molecule has 8 nitrogen and oxygen atoms in total. The predicted molar refractivity (Wildman–Crippen MR) is 111 cm³/mol. The average molecular weight is 467 g/mol. The number of rotatable bonds is 5. The van der Waals surface area contributed by atoms with Crippen LogP contribution in [0.5, 0.6) is 0 Å². The molecule has 0 spiro atoms. The number of thiophene rings is 1. The van der Waals surface area contributed by atoms with Crippen LogP contribution in [0.4, 0.5) is 11.4 Å². The molecule has 0 atom stereocenters. The van der Waals surface area contributed by atoms with Gasteiger partial charge >= 0.3 is 0 Å². The molecule has 1 aromatic heterocycles. The van der Waals surface area contributed by atoms with Crippen LogP contribution in [0, 0.1) is 10.1 Å². The number of hydrogen-bond donors (Lipinski definition) is 0. The lowest BCUT2D eigenvalue weighted by molar-refractivity contribution is -0.384. The molecule has 0 bridgehead atoms. The Kier molecular flexibility index (Phi) is 6.30. The Morgan fingerprint density at radius 1 is 1.14 bits per heavy atom. The van der Waals surface area contributed by atoms with Crippen LogP contribution < -0.4 is 4.90 Å². The topological polar surface area (TPSA) is 87.0 Å². The van der Waals surface area contributed by atoms with Gasteiger partial charge in [-0.1, -0.05) is 0 Å². The Labute approximate surface area is 174 Å². The number of amides is 2. The molecule has 0 radical (unpaired) electrons. The van der Waals surface area contributed by atoms with Gasteiger partial charge in [0.2, 0.25) is 5.91 Å². The van der Waals surface area contributed by atoms with Gasteiger partial charge in [-0.2, -0.15) is 0 Å². The number of nitro groups is 1. The first kappa shape index (κ1) is 20.3. The predicted octanol–water partition coefficient (Wildman–Crippen LogP) is 2.84. The number of anilines is 1. The summed E-state index contributed by atoms with van der Waals surface area (Å²) in [6.45, 7) is 2.40. The van der Waals surface area contributed by atoms with Crippen molar-refractivity contribution in [2.24, 2.45) is 0 Å². The number of hydrogen-bond acceptors (Lipinski definition) is 6. The van der Waals surface area contributed by atoms with Crippen LogP contribution in [0.25, 0.3) is 0 Å². The Hall–Kier alpha value is -2.46. The monoisotopic (exact) mass is 466 g/mol. The normalized spacial score (nSPS) is 14.1. The minimum atomic E-state index is -0.424. The quantitative estimate of drug-likeness (QED) is 0.499. The van der Waals surface area contributed by atoms with Gasteiger partial charge in [-0.3, -0.25) is 19.7 Å². The number of likely N-dealkylation sites (N-methyl/N-ethyl adjacent to an activating group) is 1. The zero-order valence-corrected chi connectivity index (χ0v) is 17.6. The Bertz CT molecular complexity index is 878. The molecule has 1 aromatic carbocycles. The first-order chi connectivity index (χ1) is 13.3. The molecule has 0 unspecified atom stereocenters. The maximum atomic E-state index is 12.5. The summed E-state index contributed by atoms with van der Waals surface area (Å²) in [5, 5.41) is 10.8. The highest BCUT2D eigenvalue weighted by atomic mass is 79.9. The van der Waals surface area contributed by atoms with E-state index in [0.717, 1.165) is 9.47 Å². The van der Waals surface area contributed by atoms with E-state index in [1.807, 2.05) is 6.07 Å². The zero-order valence-electron chi connectivity index (χ0n) is 15.2. The first-order valence-electron chi connectivity index (χ1n) is 8.63. The first-order valence-corrected chi connectivity index (χ1v) is 10.2. The van der Waals surface area contributed by atoms with Crippen molar-refractivity contribution in [2.75, 3.05) is 44.7 Å². The summed E-state index contributed by atoms with van der Waals surface area (Å²) < 4.78 is 0.873. The molecule has 1 saturated heterocycles. The summed E-state index contributed by atoms with van der Waals surface area (Å²) in [5.74, 6) is -0.261. The average Bonchev–Trinajstić information content (AvgIpc) is 3.13. The van der Waals surface area contributed by atoms with Crippen molar-refractivity contribution >= 4 is 50.5 Å². The van der Waals surface area contributed by atoms with Crippen molar-refractivity contribution in [3.05, 3.63) is 55.2 Å². The molecule has 1 aliphatic rings. The number of carbonyl (C=O) groups excluding carboxylic acids is 2. The molecular formula is C18H19BrN4O4S. The summed E-state index contributed by atoms with van der Waals surface area (Å²) >= 11 is 4.67. The molecule has 28 heavy (non-hydrogen) atoms. The van der Waals surface area contributed by atoms with Crippen LogP contribution in [0.2, 0.25) is 0 Å². The van der Waals surface area contributed by atoms with E-state index < -0.39 is 4.92 Å². The van der Waals surface area contributed by atoms with E-state index in [4.69, 9.17) is 0 Å². The number of benzene rings is 1. The Balaban J connectivity index is 1.52. The minimum absolute atomic E-state index is 0.0336. The third-order valence-electron chi connectivity index (χ3n) is 4.56. The second-order valence-corrected chi connectivity index (χ2v) is 8.87. The fourth-order valence-corrected chi connectivity index (χ4v) is 4.37. The van der Waals surface area contributed by atoms with E-state index in [1.54, 1.807) is 30.1 Å². The van der Waals surface area contributed by atoms with Crippen LogP contribution in [0.15, 0.2) is 40.2 Å². The molecule has 1 aliphatic heterocycles. The molecule has 10 heteroatoms. The third kappa shape index (κ3) is 4.68. The van der Waals surface area contributed by atoms with E-state index in [2.05, 4.69) is 20.8 Å². The lowest BCUT2D eigenvalue weighted by Gasteiger charge is -2.36. The largest absolute Gasteiger partial charge is 0.368 e. The summed E-state index contributed by atoms with van der Waals surface area (Å²) in [6, 6.07) is 9.96. The maximum absolute atomic E-state index is 12.5. The number of nitrogens with zero attached hydrogens (tertiary/aromatic N) is 4. The van der Waals surface area contributed by atoms with Crippen molar-refractivity contribution in [3.63, 3.8) is 0 Å². The van der Waals surface area contributed by atoms with Crippen molar-refractivity contribution in [1.82, 2.24) is 9.80 Å². The van der Waals surface area contributed by atoms with Crippen LogP contribution in [0.3, 0.4) is 0 Å². The summed E-state index contributed by atoms with van der Waals surface area (Å²) in [4.78, 5) is 41.1. The number of halogens is 1. The number of non-ortho nitro benzene ring substituents is 1. The van der Waals surface area contributed by atoms with E-state index in [1.165, 1.54) is 28.4 Å². The Morgan fingerprint density at radius 2 is 1.79 bits per heavy atom. The highest BCUT2D eigenvalue weighted by Crippen LogP contribution is 2.23. The molecule has 1 fully saturated rings. The van der Waals surface area contributed by atoms with E-state index in [0.29, 0.717) is 31.1 Å². The fraction of sp³-hybridized carbons (Fsp3) is 0.333. The van der Waals surface area contributed by atoms with Crippen LogP contribution in [-0.4, -0.2) is 66.3 Å². The molecule has 0 saturated carbocycles. The molecule has 2 heterocycles. The maximum Gasteiger partial charge on any atom is 0.269 e. The second kappa shape index (κ2) is 8.70. The number of carbonyl (C=O) groups is 2. The van der Waals surface area contributed by atoms with Gasteiger partial charge in [0.1, 0.15) is 0 Å². The minimum Gasteiger partial charge on any atom is -0.368 e. The Morgan fingerprint density at radius 3 is 2.32 bits per heavy atom. The molecule has 0 N–H and O–H groups in total. The van der Waals surface area contributed by atoms with Crippen LogP contribution in [-0.2, 0) is 4.79 Å². The van der Waals surface area contributed by atoms with Crippen molar-refractivity contribution in [3.8, 4) is 0 Å². The van der Waals surface area contributed by atoms with Crippen molar-refractivity contribution in [2.45, 2.75) is 0 Å². The van der Waals surface area contributed by atoms with E-state index in [9.17, 15) is 19.7 Å². The third-order valence-corrected chi connectivity index (χ3v) is 6.17. The van der Waals surface area contributed by atoms with E-state index >= 15 is 0 Å². The lowest BCUT2D eigenvalue weighted by atomic mass is 10.2. The fourth-order valence-electron chi connectivity index (χ4n) is 2.99. The van der Waals surface area contributed by atoms with Gasteiger partial charge in [-0.05, 0) is 40.2 Å². The number of nitro benzene ring substituents is 1. The SMILES string of the molecule is CN(CC(=O)N1CCN(c2ccc([N+](=O)[O-])cc2)CC1)C(=O)c1ccc(Br)s1. The van der Waals surface area contributed by atoms with E-state index in [-0.39, 0.29) is 24.0 Å². The number of piperazine rings is 1. The van der Waals surface area contributed by atoms with Crippen molar-refractivity contribution in [1.29, 1.82) is 0 Å². The van der Waals surface area contributed by atoms with Gasteiger partial charge < -0.3 is 14.7 Å². The van der Waals surface area contributed by atoms with Crippen molar-refractivity contribution < 1.29 is 14.5 Å². The van der Waals surface area contributed by atoms with Gasteiger partial charge in [0, 0.05) is 51.0 Å².